The highest BCUT2D eigenvalue weighted by molar-refractivity contribution is 5.78. The van der Waals surface area contributed by atoms with Gasteiger partial charge in [-0.25, -0.2) is 0 Å². The molecule has 0 radical (unpaired) electrons. The second kappa shape index (κ2) is 6.10. The van der Waals surface area contributed by atoms with Crippen LogP contribution in [0.25, 0.3) is 10.9 Å². The Morgan fingerprint density at radius 3 is 2.81 bits per heavy atom. The summed E-state index contributed by atoms with van der Waals surface area (Å²) in [6.45, 7) is 5.08. The molecular weight excluding hydrogens is 260 g/mol. The summed E-state index contributed by atoms with van der Waals surface area (Å²) in [6.07, 6.45) is 3.02. The SMILES string of the molecule is CCCNC(c1cnc2ccccc2c1)c1ccc(C)o1. The van der Waals surface area contributed by atoms with E-state index < -0.39 is 0 Å². The van der Waals surface area contributed by atoms with E-state index in [0.717, 1.165) is 41.0 Å². The van der Waals surface area contributed by atoms with Crippen LogP contribution in [0.5, 0.6) is 0 Å². The lowest BCUT2D eigenvalue weighted by Gasteiger charge is -2.17. The molecule has 3 heteroatoms. The molecule has 3 rings (SSSR count). The van der Waals surface area contributed by atoms with Gasteiger partial charge in [-0.2, -0.15) is 0 Å². The van der Waals surface area contributed by atoms with Gasteiger partial charge in [-0.3, -0.25) is 4.98 Å². The van der Waals surface area contributed by atoms with Crippen molar-refractivity contribution < 1.29 is 4.42 Å². The standard InChI is InChI=1S/C18H20N2O/c1-3-10-19-18(17-9-8-13(2)21-17)15-11-14-6-4-5-7-16(14)20-12-15/h4-9,11-12,18-19H,3,10H2,1-2H3. The molecule has 0 saturated carbocycles. The number of pyridine rings is 1. The third-order valence-corrected chi connectivity index (χ3v) is 3.59. The predicted molar refractivity (Wildman–Crippen MR) is 85.3 cm³/mol. The van der Waals surface area contributed by atoms with Crippen molar-refractivity contribution in [2.45, 2.75) is 26.3 Å². The van der Waals surface area contributed by atoms with Gasteiger partial charge in [0.15, 0.2) is 0 Å². The number of nitrogens with zero attached hydrogens (tertiary/aromatic N) is 1. The van der Waals surface area contributed by atoms with Crippen molar-refractivity contribution in [3.8, 4) is 0 Å². The summed E-state index contributed by atoms with van der Waals surface area (Å²) in [6, 6.07) is 14.5. The zero-order valence-corrected chi connectivity index (χ0v) is 12.5. The Balaban J connectivity index is 2.00. The highest BCUT2D eigenvalue weighted by Gasteiger charge is 2.17. The van der Waals surface area contributed by atoms with E-state index in [4.69, 9.17) is 4.42 Å². The number of para-hydroxylation sites is 1. The Hall–Kier alpha value is -2.13. The minimum atomic E-state index is 0.0516. The van der Waals surface area contributed by atoms with Crippen LogP contribution in [-0.4, -0.2) is 11.5 Å². The highest BCUT2D eigenvalue weighted by Crippen LogP contribution is 2.25. The van der Waals surface area contributed by atoms with Crippen LogP contribution < -0.4 is 5.32 Å². The quantitative estimate of drug-likeness (QED) is 0.760. The monoisotopic (exact) mass is 280 g/mol. The number of nitrogens with one attached hydrogen (secondary N) is 1. The average molecular weight is 280 g/mol. The van der Waals surface area contributed by atoms with E-state index in [1.54, 1.807) is 0 Å². The maximum absolute atomic E-state index is 5.82. The zero-order chi connectivity index (χ0) is 14.7. The molecule has 3 aromatic rings. The Morgan fingerprint density at radius 2 is 2.05 bits per heavy atom. The summed E-state index contributed by atoms with van der Waals surface area (Å²) in [7, 11) is 0. The third kappa shape index (κ3) is 2.98. The van der Waals surface area contributed by atoms with E-state index in [-0.39, 0.29) is 6.04 Å². The highest BCUT2D eigenvalue weighted by atomic mass is 16.3. The number of aromatic nitrogens is 1. The smallest absolute Gasteiger partial charge is 0.125 e. The summed E-state index contributed by atoms with van der Waals surface area (Å²) in [5.41, 5.74) is 2.16. The van der Waals surface area contributed by atoms with Crippen LogP contribution in [0, 0.1) is 6.92 Å². The Labute approximate surface area is 125 Å². The minimum absolute atomic E-state index is 0.0516. The van der Waals surface area contributed by atoms with E-state index in [0.29, 0.717) is 0 Å². The normalized spacial score (nSPS) is 12.7. The van der Waals surface area contributed by atoms with Crippen LogP contribution >= 0.6 is 0 Å². The van der Waals surface area contributed by atoms with Gasteiger partial charge >= 0.3 is 0 Å². The number of benzene rings is 1. The first-order valence-electron chi connectivity index (χ1n) is 7.42. The maximum atomic E-state index is 5.82. The molecule has 0 fully saturated rings. The Morgan fingerprint density at radius 1 is 1.19 bits per heavy atom. The van der Waals surface area contributed by atoms with Gasteiger partial charge in [0.25, 0.3) is 0 Å². The van der Waals surface area contributed by atoms with Crippen molar-refractivity contribution in [2.75, 3.05) is 6.54 Å². The average Bonchev–Trinajstić information content (AvgIpc) is 2.94. The van der Waals surface area contributed by atoms with Crippen molar-refractivity contribution in [1.82, 2.24) is 10.3 Å². The molecule has 0 bridgehead atoms. The molecule has 0 aliphatic carbocycles. The zero-order valence-electron chi connectivity index (χ0n) is 12.5. The van der Waals surface area contributed by atoms with Crippen LogP contribution in [0.2, 0.25) is 0 Å². The molecule has 0 spiro atoms. The maximum Gasteiger partial charge on any atom is 0.125 e. The fraction of sp³-hybridized carbons (Fsp3) is 0.278. The summed E-state index contributed by atoms with van der Waals surface area (Å²) < 4.78 is 5.82. The molecule has 1 atom stereocenters. The number of aryl methyl sites for hydroxylation is 1. The Bertz CT molecular complexity index is 733. The van der Waals surface area contributed by atoms with Crippen molar-refractivity contribution >= 4 is 10.9 Å². The Kier molecular flexibility index (Phi) is 4.02. The van der Waals surface area contributed by atoms with E-state index in [1.807, 2.05) is 43.5 Å². The van der Waals surface area contributed by atoms with Crippen molar-refractivity contribution in [2.24, 2.45) is 0 Å². The number of rotatable bonds is 5. The van der Waals surface area contributed by atoms with Gasteiger partial charge in [-0.15, -0.1) is 0 Å². The molecule has 3 nitrogen and oxygen atoms in total. The summed E-state index contributed by atoms with van der Waals surface area (Å²) in [5.74, 6) is 1.88. The van der Waals surface area contributed by atoms with Crippen LogP contribution in [-0.2, 0) is 0 Å². The topological polar surface area (TPSA) is 38.1 Å². The van der Waals surface area contributed by atoms with E-state index in [9.17, 15) is 0 Å². The van der Waals surface area contributed by atoms with E-state index >= 15 is 0 Å². The molecule has 0 aliphatic rings. The van der Waals surface area contributed by atoms with Gasteiger partial charge in [0.2, 0.25) is 0 Å². The molecule has 108 valence electrons. The van der Waals surface area contributed by atoms with Crippen LogP contribution in [0.15, 0.2) is 53.1 Å². The second-order valence-electron chi connectivity index (χ2n) is 5.30. The van der Waals surface area contributed by atoms with E-state index in [1.165, 1.54) is 0 Å². The lowest BCUT2D eigenvalue weighted by Crippen LogP contribution is -2.22. The molecule has 1 N–H and O–H groups in total. The second-order valence-corrected chi connectivity index (χ2v) is 5.30. The number of hydrogen-bond acceptors (Lipinski definition) is 3. The molecule has 0 aliphatic heterocycles. The molecule has 0 amide bonds. The first-order valence-corrected chi connectivity index (χ1v) is 7.42. The fourth-order valence-corrected chi connectivity index (χ4v) is 2.53. The number of furan rings is 1. The fourth-order valence-electron chi connectivity index (χ4n) is 2.53. The molecular formula is C18H20N2O. The lowest BCUT2D eigenvalue weighted by atomic mass is 10.0. The molecule has 1 unspecified atom stereocenters. The number of hydrogen-bond donors (Lipinski definition) is 1. The number of fused-ring (bicyclic) bond motifs is 1. The van der Waals surface area contributed by atoms with Gasteiger partial charge in [-0.05, 0) is 49.7 Å². The molecule has 21 heavy (non-hydrogen) atoms. The summed E-state index contributed by atoms with van der Waals surface area (Å²) in [4.78, 5) is 4.56. The van der Waals surface area contributed by atoms with Gasteiger partial charge in [0.1, 0.15) is 11.5 Å². The van der Waals surface area contributed by atoms with Crippen LogP contribution in [0.1, 0.15) is 36.5 Å². The van der Waals surface area contributed by atoms with Gasteiger partial charge in [0.05, 0.1) is 11.6 Å². The van der Waals surface area contributed by atoms with Gasteiger partial charge in [-0.1, -0.05) is 25.1 Å². The van der Waals surface area contributed by atoms with Gasteiger partial charge < -0.3 is 9.73 Å². The van der Waals surface area contributed by atoms with Crippen molar-refractivity contribution in [1.29, 1.82) is 0 Å². The largest absolute Gasteiger partial charge is 0.464 e. The minimum Gasteiger partial charge on any atom is -0.464 e. The van der Waals surface area contributed by atoms with Gasteiger partial charge in [0, 0.05) is 11.6 Å². The van der Waals surface area contributed by atoms with Crippen LogP contribution in [0.3, 0.4) is 0 Å². The first kappa shape index (κ1) is 13.8. The van der Waals surface area contributed by atoms with Crippen molar-refractivity contribution in [3.05, 3.63) is 65.7 Å². The van der Waals surface area contributed by atoms with Crippen molar-refractivity contribution in [3.63, 3.8) is 0 Å². The summed E-state index contributed by atoms with van der Waals surface area (Å²) >= 11 is 0. The molecule has 2 aromatic heterocycles. The lowest BCUT2D eigenvalue weighted by molar-refractivity contribution is 0.430. The first-order chi connectivity index (χ1) is 10.3. The predicted octanol–water partition coefficient (Wildman–Crippen LogP) is 4.23. The molecule has 0 saturated heterocycles. The summed E-state index contributed by atoms with van der Waals surface area (Å²) in [5, 5.41) is 4.70. The van der Waals surface area contributed by atoms with Crippen LogP contribution in [0.4, 0.5) is 0 Å². The molecule has 1 aromatic carbocycles. The molecule has 2 heterocycles. The third-order valence-electron chi connectivity index (χ3n) is 3.59. The van der Waals surface area contributed by atoms with E-state index in [2.05, 4.69) is 29.4 Å².